The normalized spacial score (nSPS) is 24.7. The van der Waals surface area contributed by atoms with Gasteiger partial charge in [-0.3, -0.25) is 0 Å². The van der Waals surface area contributed by atoms with Crippen molar-refractivity contribution in [3.05, 3.63) is 0 Å². The number of aliphatic hydroxyl groups is 5. The molecule has 1 heterocycles. The molecule has 0 bridgehead atoms. The van der Waals surface area contributed by atoms with Crippen LogP contribution in [-0.4, -0.2) is 170 Å². The summed E-state index contributed by atoms with van der Waals surface area (Å²) in [5.41, 5.74) is -0.988. The van der Waals surface area contributed by atoms with E-state index >= 15 is 0 Å². The van der Waals surface area contributed by atoms with Gasteiger partial charge in [-0.15, -0.1) is 0 Å². The van der Waals surface area contributed by atoms with Gasteiger partial charge in [-0.25, -0.2) is 0 Å². The average Bonchev–Trinajstić information content (AvgIpc) is 3.08. The molecular weight excluding hydrogens is 654 g/mol. The first kappa shape index (κ1) is 54.6. The Morgan fingerprint density at radius 1 is 0.941 bits per heavy atom. The molecule has 51 heavy (non-hydrogen) atoms. The van der Waals surface area contributed by atoms with Gasteiger partial charge in [-0.05, 0) is 94.4 Å². The third-order valence-electron chi connectivity index (χ3n) is 10.4. The van der Waals surface area contributed by atoms with Gasteiger partial charge >= 0.3 is 0 Å². The van der Waals surface area contributed by atoms with Crippen LogP contribution >= 0.6 is 0 Å². The number of likely N-dealkylation sites (N-methyl/N-ethyl adjacent to an activating group) is 2. The lowest BCUT2D eigenvalue weighted by atomic mass is 9.79. The Kier molecular flexibility index (Phi) is 30.7. The van der Waals surface area contributed by atoms with E-state index in [1.807, 2.05) is 55.4 Å². The number of ether oxygens (including phenoxy) is 3. The van der Waals surface area contributed by atoms with Crippen LogP contribution in [0.1, 0.15) is 95.9 Å². The molecular formula is C39H85N3O9. The fourth-order valence-electron chi connectivity index (χ4n) is 6.82. The number of carbonyl (C=O) groups is 1. The lowest BCUT2D eigenvalue weighted by Crippen LogP contribution is -2.56. The maximum atomic E-state index is 11.8. The van der Waals surface area contributed by atoms with E-state index in [2.05, 4.69) is 63.5 Å². The maximum absolute atomic E-state index is 11.8. The van der Waals surface area contributed by atoms with E-state index in [-0.39, 0.29) is 73.4 Å². The average molecular weight is 740 g/mol. The van der Waals surface area contributed by atoms with E-state index in [1.54, 1.807) is 13.8 Å². The number of rotatable bonds is 21. The molecule has 1 aliphatic heterocycles. The van der Waals surface area contributed by atoms with Crippen molar-refractivity contribution in [3.8, 4) is 0 Å². The third-order valence-corrected chi connectivity index (χ3v) is 10.4. The van der Waals surface area contributed by atoms with Gasteiger partial charge in [0.1, 0.15) is 6.79 Å². The molecule has 0 amide bonds. The predicted octanol–water partition coefficient (Wildman–Crippen LogP) is 3.60. The van der Waals surface area contributed by atoms with Gasteiger partial charge in [0.15, 0.2) is 6.29 Å². The summed E-state index contributed by atoms with van der Waals surface area (Å²) < 4.78 is 19.8. The smallest absolute Gasteiger partial charge is 0.163 e. The highest BCUT2D eigenvalue weighted by molar-refractivity contribution is 5.11. The minimum atomic E-state index is -0.988. The van der Waals surface area contributed by atoms with E-state index in [4.69, 9.17) is 24.1 Å². The Labute approximate surface area is 313 Å². The van der Waals surface area contributed by atoms with Crippen molar-refractivity contribution in [2.75, 3.05) is 68.1 Å². The van der Waals surface area contributed by atoms with Crippen LogP contribution in [0.4, 0.5) is 0 Å². The first-order valence-electron chi connectivity index (χ1n) is 19.1. The molecule has 12 heteroatoms. The summed E-state index contributed by atoms with van der Waals surface area (Å²) in [5, 5.41) is 48.7. The van der Waals surface area contributed by atoms with Crippen molar-refractivity contribution in [1.29, 1.82) is 0 Å². The second-order valence-electron chi connectivity index (χ2n) is 15.5. The molecule has 5 N–H and O–H groups in total. The van der Waals surface area contributed by atoms with Crippen molar-refractivity contribution in [1.82, 2.24) is 14.7 Å². The molecule has 0 spiro atoms. The highest BCUT2D eigenvalue weighted by Gasteiger charge is 2.44. The van der Waals surface area contributed by atoms with E-state index in [0.29, 0.717) is 12.5 Å². The van der Waals surface area contributed by atoms with Crippen LogP contribution < -0.4 is 0 Å². The van der Waals surface area contributed by atoms with Gasteiger partial charge in [0.05, 0.1) is 49.3 Å². The molecule has 12 nitrogen and oxygen atoms in total. The van der Waals surface area contributed by atoms with Gasteiger partial charge in [-0.1, -0.05) is 41.5 Å². The van der Waals surface area contributed by atoms with Crippen LogP contribution in [-0.2, 0) is 19.0 Å². The van der Waals surface area contributed by atoms with Crippen LogP contribution in [0.25, 0.3) is 0 Å². The largest absolute Gasteiger partial charge is 0.400 e. The molecule has 0 aromatic rings. The second-order valence-corrected chi connectivity index (χ2v) is 15.5. The summed E-state index contributed by atoms with van der Waals surface area (Å²) in [4.78, 5) is 14.6. The lowest BCUT2D eigenvalue weighted by molar-refractivity contribution is -0.271. The van der Waals surface area contributed by atoms with E-state index in [9.17, 15) is 20.4 Å². The molecule has 0 aromatic carbocycles. The quantitative estimate of drug-likeness (QED) is 0.117. The maximum Gasteiger partial charge on any atom is 0.163 e. The third kappa shape index (κ3) is 19.9. The molecule has 0 radical (unpaired) electrons. The van der Waals surface area contributed by atoms with Gasteiger partial charge in [0.2, 0.25) is 0 Å². The first-order chi connectivity index (χ1) is 23.7. The number of hydrogen-bond acceptors (Lipinski definition) is 12. The molecule has 1 saturated heterocycles. The number of carbonyl (C=O) groups excluding carboxylic acids is 1. The SMILES string of the molecule is C=O.CC.CC(O[C@H](C)C(C)(C)O)[C@H](C)[C@@H](O)[C@H](C)[C@@H](O[C@@H]1O[C@H](C)C[C@@H](N(C)CCO)[C@@H]1CN(C)C)[C@@H](C)C[C@@H](C)CN(C)[C@H](C)CO.CO. The molecule has 310 valence electrons. The Hall–Kier alpha value is -0.770. The van der Waals surface area contributed by atoms with Crippen LogP contribution in [0.15, 0.2) is 0 Å². The highest BCUT2D eigenvalue weighted by Crippen LogP contribution is 2.36. The summed E-state index contributed by atoms with van der Waals surface area (Å²) in [6.07, 6.45) is -0.437. The van der Waals surface area contributed by atoms with E-state index in [0.717, 1.165) is 33.0 Å². The molecule has 13 atom stereocenters. The van der Waals surface area contributed by atoms with Crippen molar-refractivity contribution in [2.24, 2.45) is 29.6 Å². The van der Waals surface area contributed by atoms with Crippen molar-refractivity contribution in [2.45, 2.75) is 150 Å². The summed E-state index contributed by atoms with van der Waals surface area (Å²) >= 11 is 0. The molecule has 1 aliphatic rings. The van der Waals surface area contributed by atoms with Crippen molar-refractivity contribution in [3.63, 3.8) is 0 Å². The minimum absolute atomic E-state index is 0.0149. The zero-order valence-corrected chi connectivity index (χ0v) is 35.9. The molecule has 0 aromatic heterocycles. The Morgan fingerprint density at radius 2 is 1.47 bits per heavy atom. The second kappa shape index (κ2) is 28.6. The number of hydrogen-bond donors (Lipinski definition) is 5. The lowest BCUT2D eigenvalue weighted by Gasteiger charge is -2.48. The van der Waals surface area contributed by atoms with Crippen LogP contribution in [0.5, 0.6) is 0 Å². The Morgan fingerprint density at radius 3 is 1.92 bits per heavy atom. The van der Waals surface area contributed by atoms with Crippen molar-refractivity contribution < 1.29 is 44.5 Å². The monoisotopic (exact) mass is 740 g/mol. The molecule has 0 saturated carbocycles. The fraction of sp³-hybridized carbons (Fsp3) is 0.974. The summed E-state index contributed by atoms with van der Waals surface area (Å²) in [6.45, 7) is 28.3. The minimum Gasteiger partial charge on any atom is -0.400 e. The summed E-state index contributed by atoms with van der Waals surface area (Å²) in [5.74, 6) is 0.0659. The Balaban J connectivity index is -0.00000363. The Bertz CT molecular complexity index is 821. The zero-order valence-electron chi connectivity index (χ0n) is 35.9. The van der Waals surface area contributed by atoms with Gasteiger partial charge in [-0.2, -0.15) is 0 Å². The summed E-state index contributed by atoms with van der Waals surface area (Å²) in [7, 11) is 9.24. The predicted molar refractivity (Wildman–Crippen MR) is 209 cm³/mol. The van der Waals surface area contributed by atoms with Gasteiger partial charge in [0, 0.05) is 56.6 Å². The number of aliphatic hydroxyl groups excluding tert-OH is 4. The first-order valence-corrected chi connectivity index (χ1v) is 19.1. The molecule has 1 fully saturated rings. The van der Waals surface area contributed by atoms with Crippen LogP contribution in [0.2, 0.25) is 0 Å². The molecule has 1 rings (SSSR count). The van der Waals surface area contributed by atoms with Gasteiger partial charge < -0.3 is 59.2 Å². The highest BCUT2D eigenvalue weighted by atomic mass is 16.7. The van der Waals surface area contributed by atoms with Crippen LogP contribution in [0.3, 0.4) is 0 Å². The summed E-state index contributed by atoms with van der Waals surface area (Å²) in [6, 6.07) is 0.258. The van der Waals surface area contributed by atoms with Crippen molar-refractivity contribution >= 4 is 6.79 Å². The standard InChI is InChI=1S/C35H73N3O7.C2H6.CH4O.CH2O/c1-22(19-38(14)24(3)21-40)17-23(2)33(27(6)32(41)26(5)28(7)44-29(8)35(9,10)42)45-34-30(20-36(11)12)31(18-25(4)43-34)37(13)15-16-39;3*1-2/h22-34,39-42H,15-21H2,1-14H3;1-2H3;2H,1H3;1H2/t22-,23+,24-,25-,26+,27+,28?,29-,30+,31-,32-,33+,34+;;;/m1.../s1. The molecule has 1 unspecified atom stereocenters. The topological polar surface area (TPSA) is 156 Å². The van der Waals surface area contributed by atoms with E-state index in [1.165, 1.54) is 0 Å². The zero-order chi connectivity index (χ0) is 40.8. The number of nitrogens with zero attached hydrogens (tertiary/aromatic N) is 3. The molecule has 0 aliphatic carbocycles. The van der Waals surface area contributed by atoms with Gasteiger partial charge in [0.25, 0.3) is 0 Å². The van der Waals surface area contributed by atoms with E-state index < -0.39 is 18.0 Å². The van der Waals surface area contributed by atoms with Crippen LogP contribution in [0, 0.1) is 29.6 Å². The fourth-order valence-corrected chi connectivity index (χ4v) is 6.82.